The lowest BCUT2D eigenvalue weighted by molar-refractivity contribution is 0.619. The van der Waals surface area contributed by atoms with Crippen LogP contribution in [0, 0.1) is 5.82 Å². The molecule has 1 fully saturated rings. The average Bonchev–Trinajstić information content (AvgIpc) is 3.12. The zero-order chi connectivity index (χ0) is 18.1. The Hall–Kier alpha value is -2.25. The Balaban J connectivity index is 1.55. The quantitative estimate of drug-likeness (QED) is 0.688. The van der Waals surface area contributed by atoms with Crippen molar-refractivity contribution in [3.05, 3.63) is 59.8 Å². The highest BCUT2D eigenvalue weighted by Gasteiger charge is 2.15. The molecule has 3 aromatic rings. The highest BCUT2D eigenvalue weighted by Crippen LogP contribution is 2.25. The van der Waals surface area contributed by atoms with Gasteiger partial charge in [0, 0.05) is 52.8 Å². The molecule has 0 amide bonds. The maximum absolute atomic E-state index is 13.1. The molecule has 4 rings (SSSR count). The second-order valence-electron chi connectivity index (χ2n) is 6.01. The second-order valence-corrected chi connectivity index (χ2v) is 8.12. The van der Waals surface area contributed by atoms with Crippen LogP contribution in [0.5, 0.6) is 0 Å². The lowest BCUT2D eigenvalue weighted by atomic mass is 10.1. The Morgan fingerprint density at radius 2 is 1.81 bits per heavy atom. The molecule has 0 atom stereocenters. The predicted molar refractivity (Wildman–Crippen MR) is 102 cm³/mol. The van der Waals surface area contributed by atoms with Crippen LogP contribution in [0.3, 0.4) is 0 Å². The molecule has 3 heterocycles. The van der Waals surface area contributed by atoms with Crippen LogP contribution in [0.25, 0.3) is 16.9 Å². The summed E-state index contributed by atoms with van der Waals surface area (Å²) in [7, 11) is -0.681. The smallest absolute Gasteiger partial charge is 0.172 e. The summed E-state index contributed by atoms with van der Waals surface area (Å²) in [6, 6.07) is 9.39. The molecule has 8 heteroatoms. The Kier molecular flexibility index (Phi) is 4.74. The normalized spacial score (nSPS) is 15.4. The summed E-state index contributed by atoms with van der Waals surface area (Å²) in [5, 5.41) is 4.48. The molecule has 5 nitrogen and oxygen atoms in total. The molecular formula is C18H16ClFN4OS. The molecular weight excluding hydrogens is 375 g/mol. The SMILES string of the molecule is O=S1CCN(c2ccc(-c3cnn(-c4ncc(F)cc4Cl)c3)cc2)CC1. The van der Waals surface area contributed by atoms with Crippen molar-refractivity contribution < 1.29 is 8.60 Å². The predicted octanol–water partition coefficient (Wildman–Crippen LogP) is 3.30. The monoisotopic (exact) mass is 390 g/mol. The number of pyridine rings is 1. The molecule has 0 spiro atoms. The van der Waals surface area contributed by atoms with E-state index in [1.807, 2.05) is 18.3 Å². The van der Waals surface area contributed by atoms with Crippen LogP contribution >= 0.6 is 11.6 Å². The van der Waals surface area contributed by atoms with Gasteiger partial charge in [0.1, 0.15) is 5.82 Å². The van der Waals surface area contributed by atoms with E-state index in [1.54, 1.807) is 6.20 Å². The first-order chi connectivity index (χ1) is 12.6. The van der Waals surface area contributed by atoms with Crippen LogP contribution < -0.4 is 4.90 Å². The third kappa shape index (κ3) is 3.50. The Labute approximate surface area is 157 Å². The van der Waals surface area contributed by atoms with Crippen molar-refractivity contribution in [2.75, 3.05) is 29.5 Å². The van der Waals surface area contributed by atoms with Gasteiger partial charge in [-0.15, -0.1) is 0 Å². The minimum atomic E-state index is -0.681. The molecule has 2 aromatic heterocycles. The van der Waals surface area contributed by atoms with Gasteiger partial charge < -0.3 is 4.90 Å². The summed E-state index contributed by atoms with van der Waals surface area (Å²) in [6.45, 7) is 1.64. The summed E-state index contributed by atoms with van der Waals surface area (Å²) in [5.74, 6) is 1.35. The van der Waals surface area contributed by atoms with Crippen molar-refractivity contribution in [1.82, 2.24) is 14.8 Å². The van der Waals surface area contributed by atoms with Gasteiger partial charge in [-0.05, 0) is 23.8 Å². The molecule has 1 aliphatic rings. The third-order valence-electron chi connectivity index (χ3n) is 4.33. The summed E-state index contributed by atoms with van der Waals surface area (Å²) in [6.07, 6.45) is 4.65. The van der Waals surface area contributed by atoms with Crippen LogP contribution in [0.4, 0.5) is 10.1 Å². The third-order valence-corrected chi connectivity index (χ3v) is 5.89. The van der Waals surface area contributed by atoms with Crippen LogP contribution in [0.2, 0.25) is 5.02 Å². The van der Waals surface area contributed by atoms with Gasteiger partial charge in [-0.2, -0.15) is 5.10 Å². The first kappa shape index (κ1) is 17.2. The molecule has 1 aliphatic heterocycles. The summed E-state index contributed by atoms with van der Waals surface area (Å²) in [4.78, 5) is 6.25. The first-order valence-corrected chi connectivity index (χ1v) is 10.0. The number of rotatable bonds is 3. The Bertz CT molecular complexity index is 950. The highest BCUT2D eigenvalue weighted by atomic mass is 35.5. The maximum atomic E-state index is 13.1. The van der Waals surface area contributed by atoms with Crippen LogP contribution in [0.1, 0.15) is 0 Å². The number of hydrogen-bond donors (Lipinski definition) is 0. The molecule has 0 N–H and O–H groups in total. The zero-order valence-corrected chi connectivity index (χ0v) is 15.4. The van der Waals surface area contributed by atoms with E-state index >= 15 is 0 Å². The van der Waals surface area contributed by atoms with E-state index in [0.717, 1.165) is 47.6 Å². The van der Waals surface area contributed by atoms with E-state index < -0.39 is 16.6 Å². The van der Waals surface area contributed by atoms with Gasteiger partial charge in [-0.1, -0.05) is 23.7 Å². The van der Waals surface area contributed by atoms with Crippen LogP contribution in [-0.4, -0.2) is 43.6 Å². The molecule has 134 valence electrons. The Morgan fingerprint density at radius 1 is 1.08 bits per heavy atom. The molecule has 0 unspecified atom stereocenters. The van der Waals surface area contributed by atoms with Crippen molar-refractivity contribution in [1.29, 1.82) is 0 Å². The number of hydrogen-bond acceptors (Lipinski definition) is 4. The van der Waals surface area contributed by atoms with Gasteiger partial charge >= 0.3 is 0 Å². The molecule has 1 aromatic carbocycles. The fourth-order valence-corrected chi connectivity index (χ4v) is 4.22. The molecule has 0 bridgehead atoms. The molecule has 26 heavy (non-hydrogen) atoms. The van der Waals surface area contributed by atoms with Gasteiger partial charge in [-0.3, -0.25) is 4.21 Å². The summed E-state index contributed by atoms with van der Waals surface area (Å²) in [5.41, 5.74) is 3.05. The highest BCUT2D eigenvalue weighted by molar-refractivity contribution is 7.85. The van der Waals surface area contributed by atoms with Crippen molar-refractivity contribution in [3.63, 3.8) is 0 Å². The largest absolute Gasteiger partial charge is 0.370 e. The van der Waals surface area contributed by atoms with Gasteiger partial charge in [0.25, 0.3) is 0 Å². The van der Waals surface area contributed by atoms with E-state index in [-0.39, 0.29) is 5.02 Å². The average molecular weight is 391 g/mol. The number of anilines is 1. The molecule has 0 saturated carbocycles. The summed E-state index contributed by atoms with van der Waals surface area (Å²) >= 11 is 6.05. The van der Waals surface area contributed by atoms with Crippen molar-refractivity contribution in [2.24, 2.45) is 0 Å². The molecule has 1 saturated heterocycles. The van der Waals surface area contributed by atoms with Crippen LogP contribution in [0.15, 0.2) is 48.9 Å². The second kappa shape index (κ2) is 7.17. The van der Waals surface area contributed by atoms with Gasteiger partial charge in [0.2, 0.25) is 0 Å². The zero-order valence-electron chi connectivity index (χ0n) is 13.8. The fraction of sp³-hybridized carbons (Fsp3) is 0.222. The Morgan fingerprint density at radius 3 is 2.50 bits per heavy atom. The number of benzene rings is 1. The van der Waals surface area contributed by atoms with Gasteiger partial charge in [-0.25, -0.2) is 14.1 Å². The number of nitrogens with zero attached hydrogens (tertiary/aromatic N) is 4. The van der Waals surface area contributed by atoms with Gasteiger partial charge in [0.05, 0.1) is 17.4 Å². The molecule has 0 aliphatic carbocycles. The number of halogens is 2. The van der Waals surface area contributed by atoms with E-state index in [2.05, 4.69) is 27.1 Å². The van der Waals surface area contributed by atoms with Crippen molar-refractivity contribution >= 4 is 28.1 Å². The van der Waals surface area contributed by atoms with Crippen LogP contribution in [-0.2, 0) is 10.8 Å². The standard InChI is InChI=1S/C18H16ClFN4OS/c19-17-9-15(20)11-21-18(17)24-12-14(10-22-24)13-1-3-16(4-2-13)23-5-7-26(25)8-6-23/h1-4,9-12H,5-8H2. The number of aromatic nitrogens is 3. The molecule has 0 radical (unpaired) electrons. The van der Waals surface area contributed by atoms with E-state index in [0.29, 0.717) is 5.82 Å². The fourth-order valence-electron chi connectivity index (χ4n) is 2.92. The van der Waals surface area contributed by atoms with E-state index in [9.17, 15) is 8.60 Å². The minimum absolute atomic E-state index is 0.206. The lowest BCUT2D eigenvalue weighted by Crippen LogP contribution is -2.37. The van der Waals surface area contributed by atoms with Crippen molar-refractivity contribution in [2.45, 2.75) is 0 Å². The van der Waals surface area contributed by atoms with Gasteiger partial charge in [0.15, 0.2) is 5.82 Å². The summed E-state index contributed by atoms with van der Waals surface area (Å²) < 4.78 is 26.2. The first-order valence-electron chi connectivity index (χ1n) is 8.16. The maximum Gasteiger partial charge on any atom is 0.172 e. The van der Waals surface area contributed by atoms with E-state index in [1.165, 1.54) is 10.7 Å². The van der Waals surface area contributed by atoms with E-state index in [4.69, 9.17) is 11.6 Å². The minimum Gasteiger partial charge on any atom is -0.370 e. The topological polar surface area (TPSA) is 51.0 Å². The van der Waals surface area contributed by atoms with Crippen molar-refractivity contribution in [3.8, 4) is 16.9 Å². The lowest BCUT2D eigenvalue weighted by Gasteiger charge is -2.28.